The average Bonchev–Trinajstić information content (AvgIpc) is 3.17. The minimum Gasteiger partial charge on any atom is -0.394 e. The lowest BCUT2D eigenvalue weighted by atomic mass is 10.1. The van der Waals surface area contributed by atoms with Gasteiger partial charge in [-0.05, 0) is 12.0 Å². The number of aromatic nitrogens is 2. The molecule has 144 valence electrons. The van der Waals surface area contributed by atoms with Crippen LogP contribution in [-0.2, 0) is 22.4 Å². The van der Waals surface area contributed by atoms with E-state index in [2.05, 4.69) is 15.5 Å². The molecule has 1 aromatic heterocycles. The largest absolute Gasteiger partial charge is 0.394 e. The van der Waals surface area contributed by atoms with Gasteiger partial charge in [-0.2, -0.15) is 4.98 Å². The van der Waals surface area contributed by atoms with Crippen molar-refractivity contribution in [1.29, 1.82) is 0 Å². The average molecular weight is 374 g/mol. The predicted octanol–water partition coefficient (Wildman–Crippen LogP) is -0.196. The van der Waals surface area contributed by atoms with E-state index >= 15 is 0 Å². The number of aliphatic hydroxyl groups is 1. The molecular formula is C18H22N4O5. The Morgan fingerprint density at radius 3 is 2.67 bits per heavy atom. The second kappa shape index (κ2) is 9.24. The minimum atomic E-state index is -0.581. The molecule has 0 spiro atoms. The van der Waals surface area contributed by atoms with E-state index < -0.39 is 11.9 Å². The molecule has 1 saturated heterocycles. The van der Waals surface area contributed by atoms with Gasteiger partial charge in [-0.15, -0.1) is 0 Å². The van der Waals surface area contributed by atoms with E-state index in [1.807, 2.05) is 30.3 Å². The number of hydrogen-bond donors (Lipinski definition) is 2. The SMILES string of the molecule is O=C(N[C@@H](CO)Cc1ccccc1)c1nc(CC(=O)N2CCOCC2)no1. The number of nitrogens with one attached hydrogen (secondary N) is 1. The Kier molecular flexibility index (Phi) is 6.50. The summed E-state index contributed by atoms with van der Waals surface area (Å²) in [5.41, 5.74) is 0.985. The molecule has 2 N–H and O–H groups in total. The van der Waals surface area contributed by atoms with Gasteiger partial charge >= 0.3 is 11.8 Å². The number of amides is 2. The molecule has 0 unspecified atom stereocenters. The standard InChI is InChI=1S/C18H22N4O5/c23-12-14(10-13-4-2-1-3-5-13)19-17(25)18-20-15(21-27-18)11-16(24)22-6-8-26-9-7-22/h1-5,14,23H,6-12H2,(H,19,25)/t14-/m1/s1. The number of carbonyl (C=O) groups excluding carboxylic acids is 2. The molecular weight excluding hydrogens is 352 g/mol. The number of aliphatic hydroxyl groups excluding tert-OH is 1. The summed E-state index contributed by atoms with van der Waals surface area (Å²) in [6.45, 7) is 1.85. The molecule has 9 heteroatoms. The van der Waals surface area contributed by atoms with E-state index in [-0.39, 0.29) is 30.7 Å². The van der Waals surface area contributed by atoms with Gasteiger partial charge in [0, 0.05) is 13.1 Å². The molecule has 1 fully saturated rings. The lowest BCUT2D eigenvalue weighted by molar-refractivity contribution is -0.134. The Labute approximate surface area is 156 Å². The smallest absolute Gasteiger partial charge is 0.315 e. The molecule has 2 aromatic rings. The van der Waals surface area contributed by atoms with Crippen molar-refractivity contribution in [3.8, 4) is 0 Å². The first kappa shape index (κ1) is 19.0. The van der Waals surface area contributed by atoms with Crippen LogP contribution in [0.2, 0.25) is 0 Å². The topological polar surface area (TPSA) is 118 Å². The second-order valence-electron chi connectivity index (χ2n) is 6.23. The van der Waals surface area contributed by atoms with Gasteiger partial charge < -0.3 is 24.6 Å². The lowest BCUT2D eigenvalue weighted by Crippen LogP contribution is -2.41. The van der Waals surface area contributed by atoms with Crippen molar-refractivity contribution in [3.63, 3.8) is 0 Å². The van der Waals surface area contributed by atoms with Crippen LogP contribution in [0.25, 0.3) is 0 Å². The summed E-state index contributed by atoms with van der Waals surface area (Å²) in [5, 5.41) is 15.9. The first-order chi connectivity index (χ1) is 13.2. The van der Waals surface area contributed by atoms with Gasteiger partial charge in [-0.1, -0.05) is 35.5 Å². The van der Waals surface area contributed by atoms with Crippen LogP contribution in [0.1, 0.15) is 22.1 Å². The van der Waals surface area contributed by atoms with E-state index in [1.54, 1.807) is 4.90 Å². The maximum Gasteiger partial charge on any atom is 0.315 e. The highest BCUT2D eigenvalue weighted by Crippen LogP contribution is 2.06. The molecule has 2 heterocycles. The number of morpholine rings is 1. The van der Waals surface area contributed by atoms with E-state index in [1.165, 1.54) is 0 Å². The zero-order valence-electron chi connectivity index (χ0n) is 14.8. The number of hydrogen-bond acceptors (Lipinski definition) is 7. The Balaban J connectivity index is 1.54. The van der Waals surface area contributed by atoms with Gasteiger partial charge in [0.2, 0.25) is 5.91 Å². The molecule has 9 nitrogen and oxygen atoms in total. The molecule has 1 aliphatic rings. The summed E-state index contributed by atoms with van der Waals surface area (Å²) in [7, 11) is 0. The minimum absolute atomic E-state index is 0.0375. The molecule has 2 amide bonds. The molecule has 1 aromatic carbocycles. The van der Waals surface area contributed by atoms with E-state index in [9.17, 15) is 14.7 Å². The van der Waals surface area contributed by atoms with Crippen LogP contribution >= 0.6 is 0 Å². The summed E-state index contributed by atoms with van der Waals surface area (Å²) in [5.74, 6) is -0.794. The van der Waals surface area contributed by atoms with Gasteiger partial charge in [-0.25, -0.2) is 0 Å². The first-order valence-electron chi connectivity index (χ1n) is 8.79. The van der Waals surface area contributed by atoms with E-state index in [0.717, 1.165) is 5.56 Å². The molecule has 0 aliphatic carbocycles. The fourth-order valence-electron chi connectivity index (χ4n) is 2.78. The third-order valence-corrected chi connectivity index (χ3v) is 4.22. The van der Waals surface area contributed by atoms with Crippen LogP contribution in [0.3, 0.4) is 0 Å². The number of carbonyl (C=O) groups is 2. The molecule has 1 atom stereocenters. The van der Waals surface area contributed by atoms with Gasteiger partial charge in [0.05, 0.1) is 32.3 Å². The molecule has 0 bridgehead atoms. The van der Waals surface area contributed by atoms with Crippen molar-refractivity contribution < 1.29 is 24.0 Å². The highest BCUT2D eigenvalue weighted by Gasteiger charge is 2.22. The lowest BCUT2D eigenvalue weighted by Gasteiger charge is -2.26. The second-order valence-corrected chi connectivity index (χ2v) is 6.23. The van der Waals surface area contributed by atoms with Gasteiger partial charge in [0.1, 0.15) is 0 Å². The Bertz CT molecular complexity index is 758. The van der Waals surface area contributed by atoms with E-state index in [0.29, 0.717) is 32.7 Å². The van der Waals surface area contributed by atoms with Crippen LogP contribution in [0, 0.1) is 0 Å². The number of ether oxygens (including phenoxy) is 1. The van der Waals surface area contributed by atoms with Crippen LogP contribution in [0.5, 0.6) is 0 Å². The highest BCUT2D eigenvalue weighted by molar-refractivity contribution is 5.89. The summed E-state index contributed by atoms with van der Waals surface area (Å²) >= 11 is 0. The molecule has 0 radical (unpaired) electrons. The van der Waals surface area contributed by atoms with Crippen LogP contribution < -0.4 is 5.32 Å². The number of benzene rings is 1. The molecule has 0 saturated carbocycles. The van der Waals surface area contributed by atoms with Crippen molar-refractivity contribution in [2.45, 2.75) is 18.9 Å². The quantitative estimate of drug-likeness (QED) is 0.689. The monoisotopic (exact) mass is 374 g/mol. The van der Waals surface area contributed by atoms with Gasteiger partial charge in [0.25, 0.3) is 0 Å². The first-order valence-corrected chi connectivity index (χ1v) is 8.79. The summed E-state index contributed by atoms with van der Waals surface area (Å²) in [4.78, 5) is 30.1. The maximum absolute atomic E-state index is 12.3. The van der Waals surface area contributed by atoms with Crippen LogP contribution in [0.15, 0.2) is 34.9 Å². The molecule has 3 rings (SSSR count). The third kappa shape index (κ3) is 5.35. The molecule has 1 aliphatic heterocycles. The molecule has 27 heavy (non-hydrogen) atoms. The van der Waals surface area contributed by atoms with Crippen molar-refractivity contribution in [2.75, 3.05) is 32.9 Å². The van der Waals surface area contributed by atoms with Gasteiger partial charge in [-0.3, -0.25) is 9.59 Å². The highest BCUT2D eigenvalue weighted by atomic mass is 16.5. The Hall–Kier alpha value is -2.78. The maximum atomic E-state index is 12.3. The van der Waals surface area contributed by atoms with Crippen LogP contribution in [-0.4, -0.2) is 70.9 Å². The number of rotatable bonds is 7. The zero-order chi connectivity index (χ0) is 19.1. The van der Waals surface area contributed by atoms with Crippen LogP contribution in [0.4, 0.5) is 0 Å². The number of nitrogens with zero attached hydrogens (tertiary/aromatic N) is 3. The predicted molar refractivity (Wildman–Crippen MR) is 93.9 cm³/mol. The fourth-order valence-corrected chi connectivity index (χ4v) is 2.78. The summed E-state index contributed by atoms with van der Waals surface area (Å²) in [6, 6.07) is 9.02. The van der Waals surface area contributed by atoms with Crippen molar-refractivity contribution in [3.05, 3.63) is 47.6 Å². The summed E-state index contributed by atoms with van der Waals surface area (Å²) in [6.07, 6.45) is 0.434. The van der Waals surface area contributed by atoms with E-state index in [4.69, 9.17) is 9.26 Å². The third-order valence-electron chi connectivity index (χ3n) is 4.22. The normalized spacial score (nSPS) is 15.4. The van der Waals surface area contributed by atoms with Crippen molar-refractivity contribution in [2.24, 2.45) is 0 Å². The fraction of sp³-hybridized carbons (Fsp3) is 0.444. The zero-order valence-corrected chi connectivity index (χ0v) is 14.8. The Morgan fingerprint density at radius 2 is 1.96 bits per heavy atom. The summed E-state index contributed by atoms with van der Waals surface area (Å²) < 4.78 is 10.2. The van der Waals surface area contributed by atoms with Crippen molar-refractivity contribution in [1.82, 2.24) is 20.4 Å². The van der Waals surface area contributed by atoms with Gasteiger partial charge in [0.15, 0.2) is 5.82 Å². The van der Waals surface area contributed by atoms with Crippen molar-refractivity contribution >= 4 is 11.8 Å². The Morgan fingerprint density at radius 1 is 1.22 bits per heavy atom.